The fourth-order valence-electron chi connectivity index (χ4n) is 2.23. The topological polar surface area (TPSA) is 52.3 Å². The first-order valence-electron chi connectivity index (χ1n) is 7.22. The van der Waals surface area contributed by atoms with Crippen LogP contribution < -0.4 is 10.5 Å². The normalized spacial score (nSPS) is 10.4. The van der Waals surface area contributed by atoms with Crippen LogP contribution in [0.15, 0.2) is 42.5 Å². The number of hydrogen-bond acceptors (Lipinski definition) is 3. The van der Waals surface area contributed by atoms with Gasteiger partial charge in [-0.2, -0.15) is 0 Å². The molecule has 0 bridgehead atoms. The third-order valence-electron chi connectivity index (χ3n) is 3.42. The van der Waals surface area contributed by atoms with Gasteiger partial charge in [0.1, 0.15) is 12.4 Å². The van der Waals surface area contributed by atoms with Crippen LogP contribution in [0.5, 0.6) is 5.75 Å². The zero-order valence-corrected chi connectivity index (χ0v) is 12.6. The van der Waals surface area contributed by atoms with Gasteiger partial charge in [-0.05, 0) is 43.2 Å². The van der Waals surface area contributed by atoms with Gasteiger partial charge in [0.25, 0.3) is 0 Å². The average Bonchev–Trinajstić information content (AvgIpc) is 2.47. The van der Waals surface area contributed by atoms with Gasteiger partial charge in [-0.15, -0.1) is 0 Å². The van der Waals surface area contributed by atoms with Crippen LogP contribution in [0, 0.1) is 0 Å². The average molecular weight is 283 g/mol. The Morgan fingerprint density at radius 3 is 2.57 bits per heavy atom. The number of hydrogen-bond donors (Lipinski definition) is 1. The van der Waals surface area contributed by atoms with Crippen molar-refractivity contribution >= 4 is 11.5 Å². The number of carbonyl (C=O) groups excluding carboxylic acids is 1. The molecule has 0 radical (unpaired) electrons. The molecule has 0 aliphatic heterocycles. The first kappa shape index (κ1) is 15.1. The summed E-state index contributed by atoms with van der Waals surface area (Å²) < 4.78 is 5.90. The van der Waals surface area contributed by atoms with Crippen molar-refractivity contribution < 1.29 is 9.53 Å². The Labute approximate surface area is 125 Å². The Kier molecular flexibility index (Phi) is 4.99. The van der Waals surface area contributed by atoms with Gasteiger partial charge in [-0.1, -0.05) is 31.5 Å². The van der Waals surface area contributed by atoms with Crippen LogP contribution in [-0.4, -0.2) is 5.78 Å². The van der Waals surface area contributed by atoms with Crippen molar-refractivity contribution in [3.05, 3.63) is 59.2 Å². The molecule has 0 aliphatic rings. The Morgan fingerprint density at radius 1 is 1.14 bits per heavy atom. The van der Waals surface area contributed by atoms with Crippen molar-refractivity contribution in [2.45, 2.75) is 33.3 Å². The van der Waals surface area contributed by atoms with Crippen molar-refractivity contribution in [1.82, 2.24) is 0 Å². The van der Waals surface area contributed by atoms with Gasteiger partial charge in [0.05, 0.1) is 0 Å². The van der Waals surface area contributed by atoms with E-state index in [4.69, 9.17) is 10.5 Å². The van der Waals surface area contributed by atoms with Gasteiger partial charge in [0, 0.05) is 16.8 Å². The number of benzene rings is 2. The number of ether oxygens (including phenoxy) is 1. The maximum absolute atomic E-state index is 11.5. The molecule has 2 aromatic carbocycles. The van der Waals surface area contributed by atoms with E-state index in [1.165, 1.54) is 0 Å². The van der Waals surface area contributed by atoms with Crippen LogP contribution in [0.3, 0.4) is 0 Å². The summed E-state index contributed by atoms with van der Waals surface area (Å²) in [5, 5.41) is 0. The zero-order valence-electron chi connectivity index (χ0n) is 12.6. The van der Waals surface area contributed by atoms with Crippen molar-refractivity contribution in [2.75, 3.05) is 5.73 Å². The molecule has 2 N–H and O–H groups in total. The third-order valence-corrected chi connectivity index (χ3v) is 3.42. The van der Waals surface area contributed by atoms with Crippen LogP contribution in [0.1, 0.15) is 41.8 Å². The number of nitrogen functional groups attached to an aromatic ring is 1. The highest BCUT2D eigenvalue weighted by Crippen LogP contribution is 2.24. The number of ketones is 1. The third kappa shape index (κ3) is 3.85. The van der Waals surface area contributed by atoms with Crippen LogP contribution in [0.4, 0.5) is 5.69 Å². The molecule has 0 amide bonds. The maximum Gasteiger partial charge on any atom is 0.159 e. The monoisotopic (exact) mass is 283 g/mol. The first-order valence-corrected chi connectivity index (χ1v) is 7.22. The minimum absolute atomic E-state index is 0.0752. The molecule has 0 aromatic heterocycles. The molecule has 0 aliphatic carbocycles. The van der Waals surface area contributed by atoms with Gasteiger partial charge >= 0.3 is 0 Å². The smallest absolute Gasteiger partial charge is 0.159 e. The van der Waals surface area contributed by atoms with Crippen LogP contribution in [-0.2, 0) is 13.0 Å². The molecule has 2 rings (SSSR count). The Bertz CT molecular complexity index is 635. The van der Waals surface area contributed by atoms with Gasteiger partial charge in [-0.3, -0.25) is 4.79 Å². The van der Waals surface area contributed by atoms with Crippen LogP contribution in [0.25, 0.3) is 0 Å². The maximum atomic E-state index is 11.5. The number of para-hydroxylation sites is 1. The van der Waals surface area contributed by atoms with Crippen LogP contribution >= 0.6 is 0 Å². The number of rotatable bonds is 6. The highest BCUT2D eigenvalue weighted by molar-refractivity contribution is 5.94. The van der Waals surface area contributed by atoms with E-state index in [9.17, 15) is 4.79 Å². The quantitative estimate of drug-likeness (QED) is 0.644. The molecule has 2 aromatic rings. The van der Waals surface area contributed by atoms with Crippen molar-refractivity contribution in [3.8, 4) is 5.75 Å². The molecule has 0 atom stereocenters. The zero-order chi connectivity index (χ0) is 15.2. The predicted molar refractivity (Wildman–Crippen MR) is 85.6 cm³/mol. The Balaban J connectivity index is 2.19. The van der Waals surface area contributed by atoms with Crippen LogP contribution in [0.2, 0.25) is 0 Å². The number of Topliss-reactive ketones (excluding diaryl/α,β-unsaturated/α-hetero) is 1. The molecular weight excluding hydrogens is 262 g/mol. The molecule has 0 unspecified atom stereocenters. The minimum Gasteiger partial charge on any atom is -0.489 e. The summed E-state index contributed by atoms with van der Waals surface area (Å²) in [4.78, 5) is 11.5. The van der Waals surface area contributed by atoms with E-state index in [-0.39, 0.29) is 5.78 Å². The van der Waals surface area contributed by atoms with E-state index >= 15 is 0 Å². The summed E-state index contributed by atoms with van der Waals surface area (Å²) in [6.45, 7) is 4.12. The summed E-state index contributed by atoms with van der Waals surface area (Å²) in [5.41, 5.74) is 9.42. The van der Waals surface area contributed by atoms with Gasteiger partial charge < -0.3 is 10.5 Å². The number of anilines is 1. The van der Waals surface area contributed by atoms with Gasteiger partial charge in [0.15, 0.2) is 5.78 Å². The van der Waals surface area contributed by atoms with Crippen molar-refractivity contribution in [2.24, 2.45) is 0 Å². The highest BCUT2D eigenvalue weighted by Gasteiger charge is 2.08. The SMILES string of the molecule is CCCc1cc(C(C)=O)ccc1OCc1ccccc1N. The molecular formula is C18H21NO2. The van der Waals surface area contributed by atoms with E-state index in [1.807, 2.05) is 42.5 Å². The molecule has 0 heterocycles. The summed E-state index contributed by atoms with van der Waals surface area (Å²) in [7, 11) is 0. The lowest BCUT2D eigenvalue weighted by molar-refractivity contribution is 0.101. The predicted octanol–water partition coefficient (Wildman–Crippen LogP) is 4.00. The second-order valence-corrected chi connectivity index (χ2v) is 5.12. The molecule has 21 heavy (non-hydrogen) atoms. The van der Waals surface area contributed by atoms with E-state index in [1.54, 1.807) is 6.92 Å². The highest BCUT2D eigenvalue weighted by atomic mass is 16.5. The van der Waals surface area contributed by atoms with E-state index in [0.29, 0.717) is 6.61 Å². The molecule has 3 nitrogen and oxygen atoms in total. The second-order valence-electron chi connectivity index (χ2n) is 5.12. The largest absolute Gasteiger partial charge is 0.489 e. The Morgan fingerprint density at radius 2 is 1.90 bits per heavy atom. The fourth-order valence-corrected chi connectivity index (χ4v) is 2.23. The molecule has 0 fully saturated rings. The summed E-state index contributed by atoms with van der Waals surface area (Å²) >= 11 is 0. The van der Waals surface area contributed by atoms with Crippen molar-refractivity contribution in [1.29, 1.82) is 0 Å². The minimum atomic E-state index is 0.0752. The van der Waals surface area contributed by atoms with Gasteiger partial charge in [-0.25, -0.2) is 0 Å². The molecule has 110 valence electrons. The lowest BCUT2D eigenvalue weighted by atomic mass is 10.0. The number of carbonyl (C=O) groups is 1. The summed E-state index contributed by atoms with van der Waals surface area (Å²) in [6.07, 6.45) is 1.89. The summed E-state index contributed by atoms with van der Waals surface area (Å²) in [6, 6.07) is 13.3. The number of nitrogens with two attached hydrogens (primary N) is 1. The molecule has 0 saturated carbocycles. The Hall–Kier alpha value is -2.29. The lowest BCUT2D eigenvalue weighted by Crippen LogP contribution is -2.03. The molecule has 3 heteroatoms. The lowest BCUT2D eigenvalue weighted by Gasteiger charge is -2.13. The number of aryl methyl sites for hydroxylation is 1. The van der Waals surface area contributed by atoms with E-state index in [2.05, 4.69) is 6.92 Å². The molecule has 0 spiro atoms. The van der Waals surface area contributed by atoms with E-state index in [0.717, 1.165) is 41.0 Å². The standard InChI is InChI=1S/C18H21NO2/c1-3-6-15-11-14(13(2)20)9-10-18(15)21-12-16-7-4-5-8-17(16)19/h4-5,7-11H,3,6,12,19H2,1-2H3. The van der Waals surface area contributed by atoms with Crippen molar-refractivity contribution in [3.63, 3.8) is 0 Å². The van der Waals surface area contributed by atoms with E-state index < -0.39 is 0 Å². The first-order chi connectivity index (χ1) is 10.1. The fraction of sp³-hybridized carbons (Fsp3) is 0.278. The molecule has 0 saturated heterocycles. The van der Waals surface area contributed by atoms with Gasteiger partial charge in [0.2, 0.25) is 0 Å². The second kappa shape index (κ2) is 6.93. The summed E-state index contributed by atoms with van der Waals surface area (Å²) in [5.74, 6) is 0.899.